The molecule has 0 aliphatic carbocycles. The minimum absolute atomic E-state index is 0.0685. The van der Waals surface area contributed by atoms with E-state index in [4.69, 9.17) is 4.74 Å². The van der Waals surface area contributed by atoms with Crippen LogP contribution < -0.4 is 5.32 Å². The lowest BCUT2D eigenvalue weighted by atomic mass is 10.2. The zero-order chi connectivity index (χ0) is 16.1. The summed E-state index contributed by atoms with van der Waals surface area (Å²) in [6.07, 6.45) is 1.60. The molecule has 3 heterocycles. The van der Waals surface area contributed by atoms with Gasteiger partial charge in [-0.05, 0) is 28.5 Å². The molecule has 0 spiro atoms. The van der Waals surface area contributed by atoms with E-state index >= 15 is 0 Å². The average molecular weight is 332 g/mol. The Morgan fingerprint density at radius 3 is 3.22 bits per heavy atom. The number of nitrogens with zero attached hydrogens (tertiary/aromatic N) is 3. The van der Waals surface area contributed by atoms with Crippen LogP contribution in [0.2, 0.25) is 0 Å². The maximum atomic E-state index is 11.0. The highest BCUT2D eigenvalue weighted by molar-refractivity contribution is 7.07. The largest absolute Gasteiger partial charge is 0.368 e. The minimum atomic E-state index is -0.125. The Labute approximate surface area is 139 Å². The SMILES string of the molecule is CC(=O)NCc1ccnc([C@H]2CN(Cc3ccsc3)CCO2)n1. The van der Waals surface area contributed by atoms with Crippen LogP contribution in [0.5, 0.6) is 0 Å². The lowest BCUT2D eigenvalue weighted by Crippen LogP contribution is -2.38. The molecule has 122 valence electrons. The molecule has 2 aromatic heterocycles. The molecule has 7 heteroatoms. The Balaban J connectivity index is 1.63. The summed E-state index contributed by atoms with van der Waals surface area (Å²) in [7, 11) is 0. The second-order valence-corrected chi connectivity index (χ2v) is 6.32. The first-order valence-corrected chi connectivity index (χ1v) is 8.56. The van der Waals surface area contributed by atoms with Crippen LogP contribution in [0.4, 0.5) is 0 Å². The molecule has 1 fully saturated rings. The summed E-state index contributed by atoms with van der Waals surface area (Å²) in [4.78, 5) is 22.2. The fourth-order valence-electron chi connectivity index (χ4n) is 2.52. The lowest BCUT2D eigenvalue weighted by molar-refractivity contribution is -0.119. The van der Waals surface area contributed by atoms with E-state index in [0.29, 0.717) is 19.0 Å². The molecule has 0 bridgehead atoms. The lowest BCUT2D eigenvalue weighted by Gasteiger charge is -2.32. The molecule has 0 radical (unpaired) electrons. The summed E-state index contributed by atoms with van der Waals surface area (Å²) in [6.45, 7) is 5.20. The molecular weight excluding hydrogens is 312 g/mol. The Morgan fingerprint density at radius 1 is 1.52 bits per heavy atom. The maximum absolute atomic E-state index is 11.0. The number of rotatable bonds is 5. The van der Waals surface area contributed by atoms with Gasteiger partial charge in [-0.1, -0.05) is 0 Å². The number of nitrogens with one attached hydrogen (secondary N) is 1. The normalized spacial score (nSPS) is 18.7. The van der Waals surface area contributed by atoms with Crippen molar-refractivity contribution >= 4 is 17.2 Å². The minimum Gasteiger partial charge on any atom is -0.368 e. The summed E-state index contributed by atoms with van der Waals surface area (Å²) < 4.78 is 5.84. The Bertz CT molecular complexity index is 647. The van der Waals surface area contributed by atoms with E-state index in [1.165, 1.54) is 12.5 Å². The number of hydrogen-bond acceptors (Lipinski definition) is 6. The number of amides is 1. The second kappa shape index (κ2) is 7.63. The number of ether oxygens (including phenoxy) is 1. The molecule has 2 aromatic rings. The van der Waals surface area contributed by atoms with Crippen LogP contribution in [0.3, 0.4) is 0 Å². The van der Waals surface area contributed by atoms with Gasteiger partial charge in [0, 0.05) is 32.8 Å². The number of morpholine rings is 1. The summed E-state index contributed by atoms with van der Waals surface area (Å²) in [5, 5.41) is 7.03. The molecule has 23 heavy (non-hydrogen) atoms. The average Bonchev–Trinajstić information content (AvgIpc) is 3.06. The van der Waals surface area contributed by atoms with Crippen LogP contribution in [0.15, 0.2) is 29.1 Å². The van der Waals surface area contributed by atoms with Gasteiger partial charge in [0.15, 0.2) is 5.82 Å². The monoisotopic (exact) mass is 332 g/mol. The van der Waals surface area contributed by atoms with Gasteiger partial charge in [-0.25, -0.2) is 9.97 Å². The first-order chi connectivity index (χ1) is 11.2. The highest BCUT2D eigenvalue weighted by atomic mass is 32.1. The summed E-state index contributed by atoms with van der Waals surface area (Å²) in [5.74, 6) is 0.615. The van der Waals surface area contributed by atoms with Gasteiger partial charge in [0.25, 0.3) is 0 Å². The van der Waals surface area contributed by atoms with Crippen molar-refractivity contribution in [3.05, 3.63) is 46.2 Å². The molecule has 1 aliphatic rings. The van der Waals surface area contributed by atoms with E-state index in [9.17, 15) is 4.79 Å². The van der Waals surface area contributed by atoms with Crippen LogP contribution in [-0.4, -0.2) is 40.5 Å². The van der Waals surface area contributed by atoms with E-state index < -0.39 is 0 Å². The smallest absolute Gasteiger partial charge is 0.217 e. The molecule has 3 rings (SSSR count). The molecule has 6 nitrogen and oxygen atoms in total. The standard InChI is InChI=1S/C16H20N4O2S/c1-12(21)18-8-14-2-4-17-16(19-14)15-10-20(5-6-22-15)9-13-3-7-23-11-13/h2-4,7,11,15H,5-6,8-10H2,1H3,(H,18,21)/t15-/m1/s1. The van der Waals surface area contributed by atoms with Crippen molar-refractivity contribution in [2.75, 3.05) is 19.7 Å². The fourth-order valence-corrected chi connectivity index (χ4v) is 3.18. The predicted molar refractivity (Wildman–Crippen MR) is 87.8 cm³/mol. The maximum Gasteiger partial charge on any atom is 0.217 e. The van der Waals surface area contributed by atoms with Crippen molar-refractivity contribution in [3.8, 4) is 0 Å². The van der Waals surface area contributed by atoms with Gasteiger partial charge in [-0.15, -0.1) is 0 Å². The number of carbonyl (C=O) groups excluding carboxylic acids is 1. The van der Waals surface area contributed by atoms with Crippen molar-refractivity contribution in [2.24, 2.45) is 0 Å². The van der Waals surface area contributed by atoms with Crippen LogP contribution in [0.1, 0.15) is 30.1 Å². The van der Waals surface area contributed by atoms with Gasteiger partial charge in [-0.2, -0.15) is 11.3 Å². The third kappa shape index (κ3) is 4.57. The zero-order valence-corrected chi connectivity index (χ0v) is 13.9. The molecule has 0 unspecified atom stereocenters. The van der Waals surface area contributed by atoms with E-state index in [1.54, 1.807) is 17.5 Å². The fraction of sp³-hybridized carbons (Fsp3) is 0.438. The van der Waals surface area contributed by atoms with E-state index in [0.717, 1.165) is 25.3 Å². The van der Waals surface area contributed by atoms with Gasteiger partial charge in [0.2, 0.25) is 5.91 Å². The van der Waals surface area contributed by atoms with Crippen molar-refractivity contribution in [1.82, 2.24) is 20.2 Å². The van der Waals surface area contributed by atoms with Crippen molar-refractivity contribution in [3.63, 3.8) is 0 Å². The molecule has 0 aromatic carbocycles. The van der Waals surface area contributed by atoms with Crippen LogP contribution in [0, 0.1) is 0 Å². The van der Waals surface area contributed by atoms with Gasteiger partial charge in [-0.3, -0.25) is 9.69 Å². The molecule has 1 atom stereocenters. The van der Waals surface area contributed by atoms with E-state index in [-0.39, 0.29) is 12.0 Å². The second-order valence-electron chi connectivity index (χ2n) is 5.54. The zero-order valence-electron chi connectivity index (χ0n) is 13.1. The quantitative estimate of drug-likeness (QED) is 0.903. The summed E-state index contributed by atoms with van der Waals surface area (Å²) >= 11 is 1.72. The molecule has 0 saturated carbocycles. The van der Waals surface area contributed by atoms with E-state index in [1.807, 2.05) is 6.07 Å². The number of thiophene rings is 1. The van der Waals surface area contributed by atoms with Gasteiger partial charge in [0.05, 0.1) is 18.8 Å². The third-order valence-electron chi connectivity index (χ3n) is 3.68. The third-order valence-corrected chi connectivity index (χ3v) is 4.41. The van der Waals surface area contributed by atoms with E-state index in [2.05, 4.69) is 37.0 Å². The Morgan fingerprint density at radius 2 is 2.43 bits per heavy atom. The predicted octanol–water partition coefficient (Wildman–Crippen LogP) is 1.75. The molecule has 1 saturated heterocycles. The van der Waals surface area contributed by atoms with Gasteiger partial charge >= 0.3 is 0 Å². The number of hydrogen-bond donors (Lipinski definition) is 1. The van der Waals surface area contributed by atoms with Crippen molar-refractivity contribution in [2.45, 2.75) is 26.1 Å². The van der Waals surface area contributed by atoms with Crippen LogP contribution in [-0.2, 0) is 22.6 Å². The molecule has 1 N–H and O–H groups in total. The Kier molecular flexibility index (Phi) is 5.32. The first kappa shape index (κ1) is 16.0. The van der Waals surface area contributed by atoms with Crippen LogP contribution in [0.25, 0.3) is 0 Å². The first-order valence-electron chi connectivity index (χ1n) is 7.62. The van der Waals surface area contributed by atoms with Gasteiger partial charge < -0.3 is 10.1 Å². The van der Waals surface area contributed by atoms with Crippen molar-refractivity contribution in [1.29, 1.82) is 0 Å². The topological polar surface area (TPSA) is 67.4 Å². The van der Waals surface area contributed by atoms with Gasteiger partial charge in [0.1, 0.15) is 6.10 Å². The summed E-state index contributed by atoms with van der Waals surface area (Å²) in [5.41, 5.74) is 2.12. The molecule has 1 amide bonds. The molecule has 1 aliphatic heterocycles. The Hall–Kier alpha value is -1.83. The number of carbonyl (C=O) groups is 1. The highest BCUT2D eigenvalue weighted by Crippen LogP contribution is 2.21. The number of aromatic nitrogens is 2. The van der Waals surface area contributed by atoms with Crippen molar-refractivity contribution < 1.29 is 9.53 Å². The molecular formula is C16H20N4O2S. The van der Waals surface area contributed by atoms with Crippen LogP contribution >= 0.6 is 11.3 Å². The summed E-state index contributed by atoms with van der Waals surface area (Å²) in [6, 6.07) is 3.96. The highest BCUT2D eigenvalue weighted by Gasteiger charge is 2.24.